The number of hydrogen-bond donors (Lipinski definition) is 0. The third-order valence-electron chi connectivity index (χ3n) is 4.08. The fraction of sp³-hybridized carbons (Fsp3) is 1.00. The van der Waals surface area contributed by atoms with Gasteiger partial charge in [-0.05, 0) is 0 Å². The Bertz CT molecular complexity index is 170. The van der Waals surface area contributed by atoms with Crippen LogP contribution < -0.4 is 0 Å². The van der Waals surface area contributed by atoms with Crippen LogP contribution in [-0.2, 0) is 0 Å². The molecule has 0 aromatic heterocycles. The van der Waals surface area contributed by atoms with Crippen LogP contribution in [-0.4, -0.2) is 31.8 Å². The Morgan fingerprint density at radius 2 is 1.42 bits per heavy atom. The van der Waals surface area contributed by atoms with Crippen molar-refractivity contribution >= 4 is 6.60 Å². The van der Waals surface area contributed by atoms with Crippen molar-refractivity contribution in [3.63, 3.8) is 0 Å². The fourth-order valence-corrected chi connectivity index (χ4v) is 7.21. The van der Waals surface area contributed by atoms with Crippen LogP contribution in [0.5, 0.6) is 0 Å². The van der Waals surface area contributed by atoms with Gasteiger partial charge in [0.1, 0.15) is 0 Å². The number of rotatable bonds is 2. The molecule has 0 radical (unpaired) electrons. The maximum absolute atomic E-state index is 2.55. The van der Waals surface area contributed by atoms with E-state index in [1.165, 1.54) is 19.3 Å². The van der Waals surface area contributed by atoms with Crippen molar-refractivity contribution in [2.24, 2.45) is 5.92 Å². The summed E-state index contributed by atoms with van der Waals surface area (Å²) in [5.74, 6) is 0.883. The van der Waals surface area contributed by atoms with Crippen molar-refractivity contribution in [1.82, 2.24) is 0 Å². The van der Waals surface area contributed by atoms with E-state index in [1.54, 1.807) is 0 Å². The molecule has 0 aromatic rings. The first-order chi connectivity index (χ1) is 5.16. The van der Waals surface area contributed by atoms with E-state index in [4.69, 9.17) is 0 Å². The van der Waals surface area contributed by atoms with E-state index < -0.39 is 6.60 Å². The van der Waals surface area contributed by atoms with Crippen molar-refractivity contribution in [3.05, 3.63) is 0 Å². The molecule has 0 aromatic carbocycles. The quantitative estimate of drug-likeness (QED) is 0.580. The van der Waals surface area contributed by atoms with E-state index in [2.05, 4.69) is 40.5 Å². The molecule has 0 saturated heterocycles. The Morgan fingerprint density at radius 1 is 1.00 bits per heavy atom. The molecule has 1 heteroatoms. The Morgan fingerprint density at radius 3 is 1.42 bits per heavy atom. The summed E-state index contributed by atoms with van der Waals surface area (Å²) in [6.07, 6.45) is 4.45. The average molecular weight is 188 g/mol. The van der Waals surface area contributed by atoms with Crippen LogP contribution >= 0.6 is 6.60 Å². The van der Waals surface area contributed by atoms with Gasteiger partial charge in [0.15, 0.2) is 0 Å². The molecule has 0 heterocycles. The van der Waals surface area contributed by atoms with Gasteiger partial charge >= 0.3 is 77.4 Å². The standard InChI is InChI=1S/C11H25P/c1-10(2)11(8-7-9-11)12(3,4,5)6/h10H,7-9H2,1-6H3. The molecule has 1 saturated carbocycles. The van der Waals surface area contributed by atoms with E-state index in [9.17, 15) is 0 Å². The Kier molecular flexibility index (Phi) is 2.16. The zero-order valence-electron chi connectivity index (χ0n) is 9.65. The summed E-state index contributed by atoms with van der Waals surface area (Å²) >= 11 is 0. The van der Waals surface area contributed by atoms with Gasteiger partial charge < -0.3 is 0 Å². The molecule has 0 nitrogen and oxygen atoms in total. The summed E-state index contributed by atoms with van der Waals surface area (Å²) in [4.78, 5) is 0. The van der Waals surface area contributed by atoms with Crippen LogP contribution in [0.3, 0.4) is 0 Å². The Hall–Kier alpha value is 0.430. The minimum absolute atomic E-state index is 0.728. The van der Waals surface area contributed by atoms with Gasteiger partial charge in [-0.1, -0.05) is 0 Å². The van der Waals surface area contributed by atoms with Gasteiger partial charge in [-0.2, -0.15) is 0 Å². The summed E-state index contributed by atoms with van der Waals surface area (Å²) in [5.41, 5.74) is 0. The van der Waals surface area contributed by atoms with Crippen LogP contribution in [0.25, 0.3) is 0 Å². The molecular weight excluding hydrogens is 163 g/mol. The third-order valence-corrected chi connectivity index (χ3v) is 8.60. The molecular formula is C11H25P. The fourth-order valence-electron chi connectivity index (χ4n) is 3.04. The summed E-state index contributed by atoms with van der Waals surface area (Å²) in [6, 6.07) is 0. The second-order valence-electron chi connectivity index (χ2n) is 6.69. The average Bonchev–Trinajstić information content (AvgIpc) is 1.48. The normalized spacial score (nSPS) is 26.1. The van der Waals surface area contributed by atoms with E-state index in [-0.39, 0.29) is 0 Å². The topological polar surface area (TPSA) is 0 Å². The number of hydrogen-bond acceptors (Lipinski definition) is 0. The summed E-state index contributed by atoms with van der Waals surface area (Å²) < 4.78 is 0. The monoisotopic (exact) mass is 188 g/mol. The van der Waals surface area contributed by atoms with E-state index >= 15 is 0 Å². The molecule has 0 spiro atoms. The van der Waals surface area contributed by atoms with Crippen LogP contribution in [0.15, 0.2) is 0 Å². The Balaban J connectivity index is 2.96. The van der Waals surface area contributed by atoms with Crippen molar-refractivity contribution in [2.75, 3.05) is 26.7 Å². The zero-order chi connectivity index (χ0) is 9.65. The van der Waals surface area contributed by atoms with E-state index in [0.29, 0.717) is 0 Å². The molecule has 0 bridgehead atoms. The van der Waals surface area contributed by atoms with Gasteiger partial charge in [-0.25, -0.2) is 0 Å². The molecule has 1 aliphatic carbocycles. The minimum atomic E-state index is -1.35. The maximum atomic E-state index is 2.55. The van der Waals surface area contributed by atoms with Gasteiger partial charge in [0.05, 0.1) is 0 Å². The van der Waals surface area contributed by atoms with Gasteiger partial charge in [-0.3, -0.25) is 0 Å². The van der Waals surface area contributed by atoms with Crippen molar-refractivity contribution in [1.29, 1.82) is 0 Å². The van der Waals surface area contributed by atoms with Crippen LogP contribution in [0.1, 0.15) is 33.1 Å². The summed E-state index contributed by atoms with van der Waals surface area (Å²) in [5, 5.41) is 0.728. The van der Waals surface area contributed by atoms with Gasteiger partial charge in [-0.15, -0.1) is 0 Å². The first-order valence-corrected chi connectivity index (χ1v) is 9.19. The first-order valence-electron chi connectivity index (χ1n) is 5.16. The molecule has 1 aliphatic rings. The molecule has 12 heavy (non-hydrogen) atoms. The van der Waals surface area contributed by atoms with Gasteiger partial charge in [0.2, 0.25) is 0 Å². The third kappa shape index (κ3) is 1.33. The predicted octanol–water partition coefficient (Wildman–Crippen LogP) is 3.64. The molecule has 0 aliphatic heterocycles. The predicted molar refractivity (Wildman–Crippen MR) is 62.0 cm³/mol. The molecule has 1 rings (SSSR count). The van der Waals surface area contributed by atoms with Crippen LogP contribution in [0.2, 0.25) is 0 Å². The first kappa shape index (κ1) is 10.5. The summed E-state index contributed by atoms with van der Waals surface area (Å²) in [6.45, 7) is 13.7. The second kappa shape index (κ2) is 2.47. The van der Waals surface area contributed by atoms with Crippen molar-refractivity contribution in [2.45, 2.75) is 38.3 Å². The molecule has 74 valence electrons. The molecule has 0 atom stereocenters. The van der Waals surface area contributed by atoms with Crippen molar-refractivity contribution in [3.8, 4) is 0 Å². The van der Waals surface area contributed by atoms with Gasteiger partial charge in [0.25, 0.3) is 0 Å². The van der Waals surface area contributed by atoms with E-state index in [1.807, 2.05) is 0 Å². The molecule has 1 fully saturated rings. The van der Waals surface area contributed by atoms with Crippen LogP contribution in [0, 0.1) is 5.92 Å². The van der Waals surface area contributed by atoms with Crippen molar-refractivity contribution < 1.29 is 0 Å². The van der Waals surface area contributed by atoms with Gasteiger partial charge in [0, 0.05) is 0 Å². The SMILES string of the molecule is CC(C)C1(P(C)(C)(C)C)CCC1. The molecule has 0 N–H and O–H groups in total. The van der Waals surface area contributed by atoms with Crippen LogP contribution in [0.4, 0.5) is 0 Å². The molecule has 0 unspecified atom stereocenters. The zero-order valence-corrected chi connectivity index (χ0v) is 10.5. The summed E-state index contributed by atoms with van der Waals surface area (Å²) in [7, 11) is 0. The van der Waals surface area contributed by atoms with E-state index in [0.717, 1.165) is 11.1 Å². The molecule has 0 amide bonds. The Labute approximate surface area is 78.1 Å². The second-order valence-corrected chi connectivity index (χ2v) is 14.7.